The first-order valence-electron chi connectivity index (χ1n) is 8.17. The molecule has 1 amide bonds. The lowest BCUT2D eigenvalue weighted by Crippen LogP contribution is -2.43. The summed E-state index contributed by atoms with van der Waals surface area (Å²) in [5, 5.41) is 3.22. The Morgan fingerprint density at radius 1 is 1.20 bits per heavy atom. The second kappa shape index (κ2) is 8.89. The molecule has 1 saturated heterocycles. The fraction of sp³-hybridized carbons (Fsp3) is 0.938. The molecule has 2 rings (SSSR count). The van der Waals surface area contributed by atoms with Crippen LogP contribution in [0.5, 0.6) is 0 Å². The van der Waals surface area contributed by atoms with Crippen LogP contribution in [0.25, 0.3) is 0 Å². The zero-order valence-electron chi connectivity index (χ0n) is 13.1. The fourth-order valence-corrected chi connectivity index (χ4v) is 3.88. The third kappa shape index (κ3) is 4.63. The third-order valence-electron chi connectivity index (χ3n) is 4.93. The molecule has 1 saturated carbocycles. The van der Waals surface area contributed by atoms with Gasteiger partial charge in [0.1, 0.15) is 0 Å². The SMILES string of the molecule is CNCC1CCCN1C(=O)C(C)CC1CCCCC1.Cl. The molecule has 0 aromatic heterocycles. The van der Waals surface area contributed by atoms with E-state index in [1.165, 1.54) is 44.9 Å². The summed E-state index contributed by atoms with van der Waals surface area (Å²) in [5.41, 5.74) is 0. The Bertz CT molecular complexity index is 292. The minimum atomic E-state index is 0. The van der Waals surface area contributed by atoms with E-state index in [1.807, 2.05) is 7.05 Å². The molecular weight excluding hydrogens is 272 g/mol. The normalized spacial score (nSPS) is 25.3. The molecule has 0 bridgehead atoms. The zero-order chi connectivity index (χ0) is 13.7. The molecule has 0 aromatic rings. The number of halogens is 1. The Morgan fingerprint density at radius 3 is 2.55 bits per heavy atom. The van der Waals surface area contributed by atoms with Crippen molar-refractivity contribution in [3.8, 4) is 0 Å². The average Bonchev–Trinajstić information content (AvgIpc) is 2.87. The van der Waals surface area contributed by atoms with Crippen molar-refractivity contribution in [2.45, 2.75) is 64.3 Å². The van der Waals surface area contributed by atoms with Gasteiger partial charge in [-0.1, -0.05) is 39.0 Å². The van der Waals surface area contributed by atoms with Gasteiger partial charge in [-0.2, -0.15) is 0 Å². The van der Waals surface area contributed by atoms with E-state index < -0.39 is 0 Å². The highest BCUT2D eigenvalue weighted by Crippen LogP contribution is 2.30. The number of rotatable bonds is 5. The summed E-state index contributed by atoms with van der Waals surface area (Å²) >= 11 is 0. The van der Waals surface area contributed by atoms with Gasteiger partial charge in [0.25, 0.3) is 0 Å². The molecule has 1 aliphatic carbocycles. The molecule has 1 N–H and O–H groups in total. The maximum absolute atomic E-state index is 12.6. The molecule has 118 valence electrons. The van der Waals surface area contributed by atoms with E-state index >= 15 is 0 Å². The highest BCUT2D eigenvalue weighted by molar-refractivity contribution is 5.85. The van der Waals surface area contributed by atoms with E-state index in [0.29, 0.717) is 11.9 Å². The van der Waals surface area contributed by atoms with Crippen molar-refractivity contribution in [2.75, 3.05) is 20.1 Å². The number of hydrogen-bond donors (Lipinski definition) is 1. The zero-order valence-corrected chi connectivity index (χ0v) is 13.9. The summed E-state index contributed by atoms with van der Waals surface area (Å²) in [6.07, 6.45) is 10.3. The van der Waals surface area contributed by atoms with Gasteiger partial charge < -0.3 is 10.2 Å². The smallest absolute Gasteiger partial charge is 0.225 e. The topological polar surface area (TPSA) is 32.3 Å². The molecule has 4 heteroatoms. The molecule has 3 nitrogen and oxygen atoms in total. The third-order valence-corrected chi connectivity index (χ3v) is 4.93. The molecule has 0 aromatic carbocycles. The summed E-state index contributed by atoms with van der Waals surface area (Å²) in [7, 11) is 1.98. The molecule has 2 unspecified atom stereocenters. The fourth-order valence-electron chi connectivity index (χ4n) is 3.88. The average molecular weight is 303 g/mol. The molecule has 2 aliphatic rings. The van der Waals surface area contributed by atoms with Crippen molar-refractivity contribution in [1.82, 2.24) is 10.2 Å². The van der Waals surface area contributed by atoms with Gasteiger partial charge in [0, 0.05) is 25.0 Å². The second-order valence-electron chi connectivity index (χ2n) is 6.53. The van der Waals surface area contributed by atoms with E-state index in [4.69, 9.17) is 0 Å². The predicted molar refractivity (Wildman–Crippen MR) is 86.3 cm³/mol. The van der Waals surface area contributed by atoms with Crippen LogP contribution in [-0.4, -0.2) is 37.0 Å². The van der Waals surface area contributed by atoms with Crippen LogP contribution in [0.4, 0.5) is 0 Å². The quantitative estimate of drug-likeness (QED) is 0.845. The lowest BCUT2D eigenvalue weighted by atomic mass is 9.83. The number of carbonyl (C=O) groups is 1. The molecule has 1 heterocycles. The highest BCUT2D eigenvalue weighted by atomic mass is 35.5. The summed E-state index contributed by atoms with van der Waals surface area (Å²) < 4.78 is 0. The Morgan fingerprint density at radius 2 is 1.90 bits per heavy atom. The van der Waals surface area contributed by atoms with Crippen LogP contribution in [0.1, 0.15) is 58.3 Å². The first-order chi connectivity index (χ1) is 9.22. The number of hydrogen-bond acceptors (Lipinski definition) is 2. The largest absolute Gasteiger partial charge is 0.338 e. The van der Waals surface area contributed by atoms with Gasteiger partial charge in [0.05, 0.1) is 0 Å². The van der Waals surface area contributed by atoms with Crippen LogP contribution in [-0.2, 0) is 4.79 Å². The van der Waals surface area contributed by atoms with Gasteiger partial charge in [0.2, 0.25) is 5.91 Å². The molecule has 0 spiro atoms. The van der Waals surface area contributed by atoms with Crippen molar-refractivity contribution in [3.63, 3.8) is 0 Å². The van der Waals surface area contributed by atoms with Gasteiger partial charge >= 0.3 is 0 Å². The summed E-state index contributed by atoms with van der Waals surface area (Å²) in [4.78, 5) is 14.7. The van der Waals surface area contributed by atoms with Crippen LogP contribution in [0.3, 0.4) is 0 Å². The molecule has 0 radical (unpaired) electrons. The van der Waals surface area contributed by atoms with Crippen LogP contribution in [0.15, 0.2) is 0 Å². The summed E-state index contributed by atoms with van der Waals surface area (Å²) in [5.74, 6) is 1.43. The number of nitrogens with one attached hydrogen (secondary N) is 1. The minimum Gasteiger partial charge on any atom is -0.338 e. The number of likely N-dealkylation sites (tertiary alicyclic amines) is 1. The Kier molecular flexibility index (Phi) is 7.90. The summed E-state index contributed by atoms with van der Waals surface area (Å²) in [6, 6.07) is 0.436. The van der Waals surface area contributed by atoms with Gasteiger partial charge in [-0.3, -0.25) is 4.79 Å². The van der Waals surface area contributed by atoms with E-state index in [9.17, 15) is 4.79 Å². The molecule has 2 fully saturated rings. The number of amides is 1. The monoisotopic (exact) mass is 302 g/mol. The maximum Gasteiger partial charge on any atom is 0.225 e. The van der Waals surface area contributed by atoms with E-state index in [-0.39, 0.29) is 18.3 Å². The van der Waals surface area contributed by atoms with Crippen molar-refractivity contribution in [2.24, 2.45) is 11.8 Å². The molecule has 20 heavy (non-hydrogen) atoms. The van der Waals surface area contributed by atoms with Crippen LogP contribution in [0.2, 0.25) is 0 Å². The predicted octanol–water partition coefficient (Wildman–Crippen LogP) is 3.23. The van der Waals surface area contributed by atoms with Gasteiger partial charge in [-0.15, -0.1) is 12.4 Å². The van der Waals surface area contributed by atoms with Crippen LogP contribution in [0, 0.1) is 11.8 Å². The molecule has 1 aliphatic heterocycles. The van der Waals surface area contributed by atoms with Crippen molar-refractivity contribution in [3.05, 3.63) is 0 Å². The Balaban J connectivity index is 0.00000200. The number of likely N-dealkylation sites (N-methyl/N-ethyl adjacent to an activating group) is 1. The van der Waals surface area contributed by atoms with E-state index in [0.717, 1.165) is 25.4 Å². The maximum atomic E-state index is 12.6. The highest BCUT2D eigenvalue weighted by Gasteiger charge is 2.31. The van der Waals surface area contributed by atoms with Gasteiger partial charge in [-0.05, 0) is 32.2 Å². The number of nitrogens with zero attached hydrogens (tertiary/aromatic N) is 1. The summed E-state index contributed by atoms with van der Waals surface area (Å²) in [6.45, 7) is 4.06. The molecular formula is C16H31ClN2O. The standard InChI is InChI=1S/C16H30N2O.ClH/c1-13(11-14-7-4-3-5-8-14)16(19)18-10-6-9-15(18)12-17-2;/h13-15,17H,3-12H2,1-2H3;1H. The van der Waals surface area contributed by atoms with Crippen molar-refractivity contribution >= 4 is 18.3 Å². The number of carbonyl (C=O) groups excluding carboxylic acids is 1. The van der Waals surface area contributed by atoms with Crippen molar-refractivity contribution < 1.29 is 4.79 Å². The van der Waals surface area contributed by atoms with E-state index in [1.54, 1.807) is 0 Å². The van der Waals surface area contributed by atoms with Crippen LogP contribution >= 0.6 is 12.4 Å². The Labute approximate surface area is 130 Å². The lowest BCUT2D eigenvalue weighted by molar-refractivity contribution is -0.136. The minimum absolute atomic E-state index is 0. The van der Waals surface area contributed by atoms with Gasteiger partial charge in [0.15, 0.2) is 0 Å². The second-order valence-corrected chi connectivity index (χ2v) is 6.53. The van der Waals surface area contributed by atoms with Crippen LogP contribution < -0.4 is 5.32 Å². The van der Waals surface area contributed by atoms with E-state index in [2.05, 4.69) is 17.1 Å². The first-order valence-corrected chi connectivity index (χ1v) is 8.17. The first kappa shape index (κ1) is 17.8. The lowest BCUT2D eigenvalue weighted by Gasteiger charge is -2.30. The molecule has 2 atom stereocenters. The Hall–Kier alpha value is -0.280. The van der Waals surface area contributed by atoms with Crippen molar-refractivity contribution in [1.29, 1.82) is 0 Å². The van der Waals surface area contributed by atoms with Gasteiger partial charge in [-0.25, -0.2) is 0 Å².